The molecule has 2 atom stereocenters. The summed E-state index contributed by atoms with van der Waals surface area (Å²) in [5.74, 6) is -0.784. The third-order valence-electron chi connectivity index (χ3n) is 3.47. The van der Waals surface area contributed by atoms with Crippen LogP contribution in [-0.2, 0) is 14.6 Å². The van der Waals surface area contributed by atoms with Gasteiger partial charge in [0.25, 0.3) is 0 Å². The first-order valence-electron chi connectivity index (χ1n) is 6.33. The van der Waals surface area contributed by atoms with Gasteiger partial charge in [0.1, 0.15) is 5.75 Å². The van der Waals surface area contributed by atoms with E-state index in [0.29, 0.717) is 18.6 Å². The van der Waals surface area contributed by atoms with Crippen LogP contribution in [0.15, 0.2) is 24.3 Å². The maximum Gasteiger partial charge on any atom is 0.177 e. The van der Waals surface area contributed by atoms with Gasteiger partial charge in [0.05, 0.1) is 11.4 Å². The van der Waals surface area contributed by atoms with Gasteiger partial charge in [-0.1, -0.05) is 29.8 Å². The molecule has 0 bridgehead atoms. The fraction of sp³-hybridized carbons (Fsp3) is 0.500. The summed E-state index contributed by atoms with van der Waals surface area (Å²) >= 11 is 0. The van der Waals surface area contributed by atoms with E-state index in [0.717, 1.165) is 5.56 Å². The SMILES string of the molecule is Cc1ccc(C(=O)CS(=O)(=O)C2CCOC2C)cc1. The minimum absolute atomic E-state index is 0.323. The second kappa shape index (κ2) is 5.43. The van der Waals surface area contributed by atoms with E-state index in [4.69, 9.17) is 4.74 Å². The van der Waals surface area contributed by atoms with Crippen molar-refractivity contribution in [2.75, 3.05) is 12.4 Å². The number of rotatable bonds is 4. The molecule has 1 aromatic rings. The third-order valence-corrected chi connectivity index (χ3v) is 5.68. The smallest absolute Gasteiger partial charge is 0.177 e. The van der Waals surface area contributed by atoms with Gasteiger partial charge in [0.15, 0.2) is 15.6 Å². The zero-order valence-electron chi connectivity index (χ0n) is 11.1. The predicted octanol–water partition coefficient (Wildman–Crippen LogP) is 1.77. The number of sulfone groups is 1. The van der Waals surface area contributed by atoms with Crippen LogP contribution in [0.25, 0.3) is 0 Å². The van der Waals surface area contributed by atoms with Gasteiger partial charge in [0, 0.05) is 12.2 Å². The van der Waals surface area contributed by atoms with E-state index in [2.05, 4.69) is 0 Å². The Balaban J connectivity index is 2.12. The van der Waals surface area contributed by atoms with Gasteiger partial charge in [-0.2, -0.15) is 0 Å². The quantitative estimate of drug-likeness (QED) is 0.790. The lowest BCUT2D eigenvalue weighted by molar-refractivity contribution is 0.102. The molecule has 0 radical (unpaired) electrons. The average molecular weight is 282 g/mol. The highest BCUT2D eigenvalue weighted by Gasteiger charge is 2.36. The number of hydrogen-bond acceptors (Lipinski definition) is 4. The highest BCUT2D eigenvalue weighted by Crippen LogP contribution is 2.22. The highest BCUT2D eigenvalue weighted by molar-refractivity contribution is 7.92. The Morgan fingerprint density at radius 2 is 1.95 bits per heavy atom. The number of Topliss-reactive ketones (excluding diaryl/α,β-unsaturated/α-hetero) is 1. The molecule has 1 aliphatic rings. The largest absolute Gasteiger partial charge is 0.377 e. The molecule has 5 heteroatoms. The standard InChI is InChI=1S/C14H18O4S/c1-10-3-5-12(6-4-10)13(15)9-19(16,17)14-7-8-18-11(14)2/h3-6,11,14H,7-9H2,1-2H3. The Kier molecular flexibility index (Phi) is 4.06. The van der Waals surface area contributed by atoms with Crippen LogP contribution in [0.1, 0.15) is 29.3 Å². The van der Waals surface area contributed by atoms with Crippen LogP contribution in [0.5, 0.6) is 0 Å². The zero-order valence-corrected chi connectivity index (χ0v) is 11.9. The van der Waals surface area contributed by atoms with Gasteiger partial charge in [-0.3, -0.25) is 4.79 Å². The third kappa shape index (κ3) is 3.22. The lowest BCUT2D eigenvalue weighted by Crippen LogP contribution is -2.32. The molecular weight excluding hydrogens is 264 g/mol. The topological polar surface area (TPSA) is 60.4 Å². The van der Waals surface area contributed by atoms with E-state index in [-0.39, 0.29) is 11.9 Å². The van der Waals surface area contributed by atoms with Crippen molar-refractivity contribution in [3.8, 4) is 0 Å². The zero-order chi connectivity index (χ0) is 14.0. The van der Waals surface area contributed by atoms with Crippen LogP contribution in [0, 0.1) is 6.92 Å². The molecule has 1 heterocycles. The molecule has 0 aromatic heterocycles. The lowest BCUT2D eigenvalue weighted by atomic mass is 10.1. The Hall–Kier alpha value is -1.20. The summed E-state index contributed by atoms with van der Waals surface area (Å²) < 4.78 is 29.7. The first kappa shape index (κ1) is 14.2. The minimum atomic E-state index is -3.44. The van der Waals surface area contributed by atoms with Crippen LogP contribution in [0.4, 0.5) is 0 Å². The molecule has 1 aromatic carbocycles. The Bertz CT molecular complexity index is 560. The van der Waals surface area contributed by atoms with Crippen LogP contribution in [0.3, 0.4) is 0 Å². The fourth-order valence-corrected chi connectivity index (χ4v) is 4.16. The van der Waals surface area contributed by atoms with E-state index in [1.807, 2.05) is 6.92 Å². The van der Waals surface area contributed by atoms with Crippen molar-refractivity contribution < 1.29 is 17.9 Å². The number of carbonyl (C=O) groups is 1. The van der Waals surface area contributed by atoms with Crippen molar-refractivity contribution in [1.82, 2.24) is 0 Å². The first-order valence-corrected chi connectivity index (χ1v) is 8.05. The fourth-order valence-electron chi connectivity index (χ4n) is 2.30. The predicted molar refractivity (Wildman–Crippen MR) is 73.1 cm³/mol. The number of ketones is 1. The Labute approximate surface area is 113 Å². The van der Waals surface area contributed by atoms with Gasteiger partial charge in [-0.25, -0.2) is 8.42 Å². The number of aryl methyl sites for hydroxylation is 1. The van der Waals surface area contributed by atoms with E-state index < -0.39 is 20.8 Å². The molecule has 104 valence electrons. The van der Waals surface area contributed by atoms with Crippen molar-refractivity contribution in [3.05, 3.63) is 35.4 Å². The van der Waals surface area contributed by atoms with Crippen molar-refractivity contribution in [1.29, 1.82) is 0 Å². The molecule has 1 fully saturated rings. The molecule has 0 N–H and O–H groups in total. The molecule has 1 saturated heterocycles. The summed E-state index contributed by atoms with van der Waals surface area (Å²) in [5.41, 5.74) is 1.48. The van der Waals surface area contributed by atoms with E-state index in [9.17, 15) is 13.2 Å². The summed E-state index contributed by atoms with van der Waals surface area (Å²) in [5, 5.41) is -0.554. The molecule has 0 aliphatic carbocycles. The molecule has 2 rings (SSSR count). The van der Waals surface area contributed by atoms with E-state index in [1.165, 1.54) is 0 Å². The monoisotopic (exact) mass is 282 g/mol. The number of carbonyl (C=O) groups excluding carboxylic acids is 1. The summed E-state index contributed by atoms with van der Waals surface area (Å²) in [6, 6.07) is 6.95. The van der Waals surface area contributed by atoms with Crippen LogP contribution in [0.2, 0.25) is 0 Å². The van der Waals surface area contributed by atoms with Crippen molar-refractivity contribution in [2.45, 2.75) is 31.6 Å². The molecule has 19 heavy (non-hydrogen) atoms. The maximum absolute atomic E-state index is 12.2. The molecule has 0 spiro atoms. The first-order chi connectivity index (χ1) is 8.90. The summed E-state index contributed by atoms with van der Waals surface area (Å²) in [6.45, 7) is 4.11. The van der Waals surface area contributed by atoms with Crippen molar-refractivity contribution in [2.24, 2.45) is 0 Å². The molecule has 0 amide bonds. The highest BCUT2D eigenvalue weighted by atomic mass is 32.2. The normalized spacial score (nSPS) is 23.5. The molecule has 2 unspecified atom stereocenters. The summed E-state index contributed by atoms with van der Waals surface area (Å²) in [7, 11) is -3.44. The maximum atomic E-state index is 12.2. The second-order valence-electron chi connectivity index (χ2n) is 5.00. The Morgan fingerprint density at radius 3 is 2.47 bits per heavy atom. The van der Waals surface area contributed by atoms with E-state index in [1.54, 1.807) is 31.2 Å². The van der Waals surface area contributed by atoms with Gasteiger partial charge in [-0.15, -0.1) is 0 Å². The number of benzene rings is 1. The van der Waals surface area contributed by atoms with Gasteiger partial charge >= 0.3 is 0 Å². The van der Waals surface area contributed by atoms with Crippen molar-refractivity contribution in [3.63, 3.8) is 0 Å². The van der Waals surface area contributed by atoms with Crippen LogP contribution >= 0.6 is 0 Å². The molecule has 0 saturated carbocycles. The summed E-state index contributed by atoms with van der Waals surface area (Å²) in [6.07, 6.45) is 0.154. The Morgan fingerprint density at radius 1 is 1.32 bits per heavy atom. The van der Waals surface area contributed by atoms with Gasteiger partial charge < -0.3 is 4.74 Å². The molecule has 4 nitrogen and oxygen atoms in total. The number of ether oxygens (including phenoxy) is 1. The van der Waals surface area contributed by atoms with Crippen molar-refractivity contribution >= 4 is 15.6 Å². The van der Waals surface area contributed by atoms with Gasteiger partial charge in [-0.05, 0) is 20.3 Å². The molecular formula is C14H18O4S. The van der Waals surface area contributed by atoms with Crippen LogP contribution < -0.4 is 0 Å². The van der Waals surface area contributed by atoms with Gasteiger partial charge in [0.2, 0.25) is 0 Å². The van der Waals surface area contributed by atoms with E-state index >= 15 is 0 Å². The second-order valence-corrected chi connectivity index (χ2v) is 7.22. The minimum Gasteiger partial charge on any atom is -0.377 e. The van der Waals surface area contributed by atoms with Crippen LogP contribution in [-0.4, -0.2) is 37.9 Å². The number of hydrogen-bond donors (Lipinski definition) is 0. The lowest BCUT2D eigenvalue weighted by Gasteiger charge is -2.14. The summed E-state index contributed by atoms with van der Waals surface area (Å²) in [4.78, 5) is 12.0. The average Bonchev–Trinajstić information content (AvgIpc) is 2.76. The molecule has 1 aliphatic heterocycles.